The van der Waals surface area contributed by atoms with Crippen molar-refractivity contribution in [3.8, 4) is 5.75 Å². The molecule has 0 bridgehead atoms. The minimum Gasteiger partial charge on any atom is -0.480 e. The molecule has 1 aromatic carbocycles. The molecule has 6 nitrogen and oxygen atoms in total. The van der Waals surface area contributed by atoms with Crippen molar-refractivity contribution >= 4 is 29.4 Å². The summed E-state index contributed by atoms with van der Waals surface area (Å²) < 4.78 is 10.2. The SMILES string of the molecule is CC(C)(C)OC(=O)Nc1cc(Cl)ccc1OCC(=O)O. The third-order valence-electron chi connectivity index (χ3n) is 1.93. The molecule has 1 rings (SSSR count). The first-order valence-electron chi connectivity index (χ1n) is 5.81. The molecular weight excluding hydrogens is 286 g/mol. The molecule has 1 aromatic rings. The van der Waals surface area contributed by atoms with E-state index in [0.717, 1.165) is 0 Å². The lowest BCUT2D eigenvalue weighted by Gasteiger charge is -2.20. The Hall–Kier alpha value is -1.95. The molecule has 2 N–H and O–H groups in total. The maximum absolute atomic E-state index is 11.7. The lowest BCUT2D eigenvalue weighted by molar-refractivity contribution is -0.139. The van der Waals surface area contributed by atoms with Crippen LogP contribution in [0.3, 0.4) is 0 Å². The number of benzene rings is 1. The second-order valence-electron chi connectivity index (χ2n) is 4.95. The Kier molecular flexibility index (Phi) is 5.21. The Morgan fingerprint density at radius 2 is 2.00 bits per heavy atom. The van der Waals surface area contributed by atoms with Crippen LogP contribution in [0.5, 0.6) is 5.75 Å². The monoisotopic (exact) mass is 301 g/mol. The van der Waals surface area contributed by atoms with Crippen molar-refractivity contribution in [2.45, 2.75) is 26.4 Å². The zero-order valence-corrected chi connectivity index (χ0v) is 12.2. The summed E-state index contributed by atoms with van der Waals surface area (Å²) in [6.07, 6.45) is -0.681. The standard InChI is InChI=1S/C13H16ClNO5/c1-13(2,3)20-12(18)15-9-6-8(14)4-5-10(9)19-7-11(16)17/h4-6H,7H2,1-3H3,(H,15,18)(H,16,17). The predicted molar refractivity (Wildman–Crippen MR) is 74.4 cm³/mol. The largest absolute Gasteiger partial charge is 0.480 e. The van der Waals surface area contributed by atoms with Crippen LogP contribution in [-0.4, -0.2) is 29.4 Å². The number of ether oxygens (including phenoxy) is 2. The average molecular weight is 302 g/mol. The third-order valence-corrected chi connectivity index (χ3v) is 2.16. The Balaban J connectivity index is 2.84. The maximum Gasteiger partial charge on any atom is 0.412 e. The fourth-order valence-corrected chi connectivity index (χ4v) is 1.45. The highest BCUT2D eigenvalue weighted by Gasteiger charge is 2.18. The molecule has 110 valence electrons. The van der Waals surface area contributed by atoms with E-state index in [4.69, 9.17) is 26.2 Å². The van der Waals surface area contributed by atoms with Gasteiger partial charge in [-0.1, -0.05) is 11.6 Å². The summed E-state index contributed by atoms with van der Waals surface area (Å²) in [5.74, 6) is -0.925. The molecule has 0 saturated heterocycles. The van der Waals surface area contributed by atoms with Gasteiger partial charge in [-0.25, -0.2) is 9.59 Å². The highest BCUT2D eigenvalue weighted by Crippen LogP contribution is 2.28. The van der Waals surface area contributed by atoms with Crippen LogP contribution in [0.15, 0.2) is 18.2 Å². The summed E-state index contributed by atoms with van der Waals surface area (Å²) in [5, 5.41) is 11.4. The molecule has 0 aliphatic carbocycles. The zero-order valence-electron chi connectivity index (χ0n) is 11.4. The third kappa shape index (κ3) is 5.79. The van der Waals surface area contributed by atoms with Gasteiger partial charge in [0.1, 0.15) is 11.4 Å². The van der Waals surface area contributed by atoms with Crippen LogP contribution >= 0.6 is 11.6 Å². The Labute approximate surface area is 121 Å². The van der Waals surface area contributed by atoms with Crippen molar-refractivity contribution < 1.29 is 24.2 Å². The van der Waals surface area contributed by atoms with Crippen molar-refractivity contribution in [2.75, 3.05) is 11.9 Å². The minimum atomic E-state index is -1.12. The van der Waals surface area contributed by atoms with Crippen molar-refractivity contribution in [2.24, 2.45) is 0 Å². The molecule has 7 heteroatoms. The molecule has 0 aliphatic heterocycles. The van der Waals surface area contributed by atoms with Gasteiger partial charge in [0.25, 0.3) is 0 Å². The smallest absolute Gasteiger partial charge is 0.412 e. The Morgan fingerprint density at radius 3 is 2.55 bits per heavy atom. The fourth-order valence-electron chi connectivity index (χ4n) is 1.28. The zero-order chi connectivity index (χ0) is 15.3. The highest BCUT2D eigenvalue weighted by molar-refractivity contribution is 6.31. The number of rotatable bonds is 4. The van der Waals surface area contributed by atoms with E-state index in [1.54, 1.807) is 20.8 Å². The van der Waals surface area contributed by atoms with Crippen LogP contribution in [0.25, 0.3) is 0 Å². The first kappa shape index (κ1) is 16.1. The van der Waals surface area contributed by atoms with Gasteiger partial charge in [-0.3, -0.25) is 5.32 Å². The van der Waals surface area contributed by atoms with Gasteiger partial charge in [0, 0.05) is 5.02 Å². The Morgan fingerprint density at radius 1 is 1.35 bits per heavy atom. The van der Waals surface area contributed by atoms with Gasteiger partial charge in [0.05, 0.1) is 5.69 Å². The van der Waals surface area contributed by atoms with E-state index in [-0.39, 0.29) is 11.4 Å². The van der Waals surface area contributed by atoms with Gasteiger partial charge < -0.3 is 14.6 Å². The van der Waals surface area contributed by atoms with Gasteiger partial charge in [-0.15, -0.1) is 0 Å². The second kappa shape index (κ2) is 6.47. The molecule has 20 heavy (non-hydrogen) atoms. The summed E-state index contributed by atoms with van der Waals surface area (Å²) in [4.78, 5) is 22.2. The van der Waals surface area contributed by atoms with Gasteiger partial charge in [0.2, 0.25) is 0 Å². The summed E-state index contributed by atoms with van der Waals surface area (Å²) in [6.45, 7) is 4.66. The van der Waals surface area contributed by atoms with Crippen molar-refractivity contribution in [1.29, 1.82) is 0 Å². The van der Waals surface area contributed by atoms with Crippen molar-refractivity contribution in [1.82, 2.24) is 0 Å². The van der Waals surface area contributed by atoms with Gasteiger partial charge in [-0.05, 0) is 39.0 Å². The molecule has 0 aromatic heterocycles. The van der Waals surface area contributed by atoms with Crippen LogP contribution in [-0.2, 0) is 9.53 Å². The molecular formula is C13H16ClNO5. The van der Waals surface area contributed by atoms with Crippen LogP contribution in [0.1, 0.15) is 20.8 Å². The van der Waals surface area contributed by atoms with E-state index in [9.17, 15) is 9.59 Å². The average Bonchev–Trinajstić information content (AvgIpc) is 2.24. The number of carbonyl (C=O) groups is 2. The lowest BCUT2D eigenvalue weighted by Crippen LogP contribution is -2.27. The molecule has 0 spiro atoms. The van der Waals surface area contributed by atoms with E-state index < -0.39 is 24.3 Å². The molecule has 0 fully saturated rings. The van der Waals surface area contributed by atoms with Crippen molar-refractivity contribution in [3.05, 3.63) is 23.2 Å². The van der Waals surface area contributed by atoms with Crippen LogP contribution < -0.4 is 10.1 Å². The first-order chi connectivity index (χ1) is 9.17. The number of aliphatic carboxylic acids is 1. The molecule has 0 unspecified atom stereocenters. The number of carboxylic acids is 1. The van der Waals surface area contributed by atoms with E-state index in [0.29, 0.717) is 5.02 Å². The molecule has 0 aliphatic rings. The van der Waals surface area contributed by atoms with E-state index >= 15 is 0 Å². The van der Waals surface area contributed by atoms with E-state index in [1.165, 1.54) is 18.2 Å². The number of hydrogen-bond donors (Lipinski definition) is 2. The number of amides is 1. The van der Waals surface area contributed by atoms with E-state index in [1.807, 2.05) is 0 Å². The maximum atomic E-state index is 11.7. The van der Waals surface area contributed by atoms with Crippen molar-refractivity contribution in [3.63, 3.8) is 0 Å². The molecule has 1 amide bonds. The fraction of sp³-hybridized carbons (Fsp3) is 0.385. The number of halogens is 1. The Bertz CT molecular complexity index is 510. The highest BCUT2D eigenvalue weighted by atomic mass is 35.5. The number of hydrogen-bond acceptors (Lipinski definition) is 4. The van der Waals surface area contributed by atoms with Crippen LogP contribution in [0.4, 0.5) is 10.5 Å². The summed E-state index contributed by atoms with van der Waals surface area (Å²) >= 11 is 5.83. The number of nitrogens with one attached hydrogen (secondary N) is 1. The number of carboxylic acid groups (broad SMARTS) is 1. The molecule has 0 heterocycles. The molecule has 0 radical (unpaired) electrons. The van der Waals surface area contributed by atoms with Gasteiger partial charge >= 0.3 is 12.1 Å². The summed E-state index contributed by atoms with van der Waals surface area (Å²) in [7, 11) is 0. The normalized spacial score (nSPS) is 10.8. The van der Waals surface area contributed by atoms with Crippen LogP contribution in [0, 0.1) is 0 Å². The minimum absolute atomic E-state index is 0.197. The lowest BCUT2D eigenvalue weighted by atomic mass is 10.2. The predicted octanol–water partition coefficient (Wildman–Crippen LogP) is 3.15. The topological polar surface area (TPSA) is 84.9 Å². The van der Waals surface area contributed by atoms with Gasteiger partial charge in [0.15, 0.2) is 6.61 Å². The molecule has 0 saturated carbocycles. The molecule has 0 atom stereocenters. The second-order valence-corrected chi connectivity index (χ2v) is 5.39. The quantitative estimate of drug-likeness (QED) is 0.892. The number of carbonyl (C=O) groups excluding carboxylic acids is 1. The van der Waals surface area contributed by atoms with Gasteiger partial charge in [-0.2, -0.15) is 0 Å². The summed E-state index contributed by atoms with van der Waals surface area (Å²) in [5.41, 5.74) is -0.405. The number of anilines is 1. The van der Waals surface area contributed by atoms with E-state index in [2.05, 4.69) is 5.32 Å². The summed E-state index contributed by atoms with van der Waals surface area (Å²) in [6, 6.07) is 4.44. The van der Waals surface area contributed by atoms with Crippen LogP contribution in [0.2, 0.25) is 5.02 Å². The first-order valence-corrected chi connectivity index (χ1v) is 6.19.